The number of fused-ring (bicyclic) bond motifs is 1. The van der Waals surface area contributed by atoms with E-state index in [-0.39, 0.29) is 17.6 Å². The van der Waals surface area contributed by atoms with Crippen molar-refractivity contribution in [3.8, 4) is 0 Å². The van der Waals surface area contributed by atoms with E-state index >= 15 is 0 Å². The first-order valence-electron chi connectivity index (χ1n) is 8.07. The number of amides is 1. The summed E-state index contributed by atoms with van der Waals surface area (Å²) in [6, 6.07) is 17.5. The number of hydrogen-bond acceptors (Lipinski definition) is 4. The molecular formula is C19H19N3O2S. The molecule has 0 saturated heterocycles. The lowest BCUT2D eigenvalue weighted by Crippen LogP contribution is -2.27. The zero-order valence-electron chi connectivity index (χ0n) is 13.9. The van der Waals surface area contributed by atoms with Crippen molar-refractivity contribution >= 4 is 34.6 Å². The number of carbonyl (C=O) groups excluding carboxylic acids is 2. The van der Waals surface area contributed by atoms with Crippen LogP contribution in [-0.2, 0) is 11.2 Å². The maximum absolute atomic E-state index is 12.0. The molecule has 0 saturated carbocycles. The maximum Gasteiger partial charge on any atom is 0.230 e. The SMILES string of the molecule is CC(=O)n1c(SCC(=O)NCCc2ccccc2)nc2ccccc21. The fraction of sp³-hybridized carbons (Fsp3) is 0.211. The molecule has 128 valence electrons. The lowest BCUT2D eigenvalue weighted by atomic mass is 10.1. The lowest BCUT2D eigenvalue weighted by Gasteiger charge is -2.06. The molecule has 1 N–H and O–H groups in total. The van der Waals surface area contributed by atoms with Gasteiger partial charge >= 0.3 is 0 Å². The molecule has 3 rings (SSSR count). The number of imidazole rings is 1. The lowest BCUT2D eigenvalue weighted by molar-refractivity contribution is -0.118. The summed E-state index contributed by atoms with van der Waals surface area (Å²) in [4.78, 5) is 28.4. The van der Waals surface area contributed by atoms with E-state index in [1.165, 1.54) is 24.2 Å². The van der Waals surface area contributed by atoms with E-state index in [2.05, 4.69) is 10.3 Å². The van der Waals surface area contributed by atoms with Crippen molar-refractivity contribution in [1.82, 2.24) is 14.9 Å². The largest absolute Gasteiger partial charge is 0.355 e. The number of benzene rings is 2. The van der Waals surface area contributed by atoms with Gasteiger partial charge in [-0.1, -0.05) is 54.2 Å². The molecule has 1 heterocycles. The number of nitrogens with one attached hydrogen (secondary N) is 1. The van der Waals surface area contributed by atoms with Gasteiger partial charge in [0.15, 0.2) is 5.16 Å². The number of para-hydroxylation sites is 2. The Bertz CT molecular complexity index is 890. The molecule has 6 heteroatoms. The molecule has 0 bridgehead atoms. The molecule has 2 aromatic carbocycles. The third-order valence-electron chi connectivity index (χ3n) is 3.76. The van der Waals surface area contributed by atoms with Gasteiger partial charge in [-0.3, -0.25) is 14.2 Å². The van der Waals surface area contributed by atoms with Crippen LogP contribution in [0.2, 0.25) is 0 Å². The van der Waals surface area contributed by atoms with E-state index in [9.17, 15) is 9.59 Å². The van der Waals surface area contributed by atoms with Gasteiger partial charge in [0.1, 0.15) is 0 Å². The summed E-state index contributed by atoms with van der Waals surface area (Å²) < 4.78 is 1.55. The van der Waals surface area contributed by atoms with Crippen molar-refractivity contribution in [1.29, 1.82) is 0 Å². The average Bonchev–Trinajstić information content (AvgIpc) is 2.99. The first-order chi connectivity index (χ1) is 12.1. The van der Waals surface area contributed by atoms with Crippen LogP contribution < -0.4 is 5.32 Å². The molecular weight excluding hydrogens is 334 g/mol. The quantitative estimate of drug-likeness (QED) is 0.692. The summed E-state index contributed by atoms with van der Waals surface area (Å²) >= 11 is 1.27. The number of aromatic nitrogens is 2. The molecule has 1 amide bonds. The fourth-order valence-electron chi connectivity index (χ4n) is 2.58. The topological polar surface area (TPSA) is 64.0 Å². The Labute approximate surface area is 150 Å². The third kappa shape index (κ3) is 4.28. The smallest absolute Gasteiger partial charge is 0.230 e. The van der Waals surface area contributed by atoms with Gasteiger partial charge in [-0.2, -0.15) is 0 Å². The van der Waals surface area contributed by atoms with Gasteiger partial charge in [-0.15, -0.1) is 0 Å². The van der Waals surface area contributed by atoms with Crippen LogP contribution in [0.3, 0.4) is 0 Å². The number of rotatable bonds is 6. The molecule has 1 aromatic heterocycles. The second-order valence-electron chi connectivity index (χ2n) is 5.61. The van der Waals surface area contributed by atoms with Crippen LogP contribution in [0, 0.1) is 0 Å². The normalized spacial score (nSPS) is 10.8. The van der Waals surface area contributed by atoms with Gasteiger partial charge in [-0.05, 0) is 24.1 Å². The molecule has 25 heavy (non-hydrogen) atoms. The Morgan fingerprint density at radius 3 is 2.56 bits per heavy atom. The van der Waals surface area contributed by atoms with Crippen molar-refractivity contribution in [2.75, 3.05) is 12.3 Å². The minimum absolute atomic E-state index is 0.0666. The van der Waals surface area contributed by atoms with Crippen LogP contribution in [0.25, 0.3) is 11.0 Å². The molecule has 3 aromatic rings. The van der Waals surface area contributed by atoms with Crippen molar-refractivity contribution in [2.24, 2.45) is 0 Å². The monoisotopic (exact) mass is 353 g/mol. The Kier molecular flexibility index (Phi) is 5.50. The van der Waals surface area contributed by atoms with E-state index < -0.39 is 0 Å². The molecule has 5 nitrogen and oxygen atoms in total. The summed E-state index contributed by atoms with van der Waals surface area (Å²) in [5.74, 6) is 0.0505. The molecule has 0 atom stereocenters. The predicted molar refractivity (Wildman–Crippen MR) is 99.9 cm³/mol. The van der Waals surface area contributed by atoms with Gasteiger partial charge in [0.2, 0.25) is 11.8 Å². The molecule has 0 aliphatic rings. The van der Waals surface area contributed by atoms with Gasteiger partial charge in [0.05, 0.1) is 16.8 Å². The van der Waals surface area contributed by atoms with E-state index in [0.29, 0.717) is 11.7 Å². The van der Waals surface area contributed by atoms with Gasteiger partial charge in [0.25, 0.3) is 0 Å². The Morgan fingerprint density at radius 1 is 1.08 bits per heavy atom. The zero-order chi connectivity index (χ0) is 17.6. The highest BCUT2D eigenvalue weighted by atomic mass is 32.2. The van der Waals surface area contributed by atoms with Crippen LogP contribution >= 0.6 is 11.8 Å². The number of thioether (sulfide) groups is 1. The Balaban J connectivity index is 1.58. The molecule has 0 aliphatic heterocycles. The molecule has 0 radical (unpaired) electrons. The van der Waals surface area contributed by atoms with E-state index in [4.69, 9.17) is 0 Å². The van der Waals surface area contributed by atoms with Crippen LogP contribution in [-0.4, -0.2) is 33.7 Å². The Morgan fingerprint density at radius 2 is 1.80 bits per heavy atom. The minimum atomic E-state index is -0.110. The summed E-state index contributed by atoms with van der Waals surface area (Å²) in [6.07, 6.45) is 0.795. The van der Waals surface area contributed by atoms with Crippen molar-refractivity contribution in [2.45, 2.75) is 18.5 Å². The third-order valence-corrected chi connectivity index (χ3v) is 4.69. The van der Waals surface area contributed by atoms with Gasteiger partial charge in [-0.25, -0.2) is 4.98 Å². The summed E-state index contributed by atoms with van der Waals surface area (Å²) in [5, 5.41) is 3.45. The standard InChI is InChI=1S/C19H19N3O2S/c1-14(23)22-17-10-6-5-9-16(17)21-19(22)25-13-18(24)20-12-11-15-7-3-2-4-8-15/h2-10H,11-13H2,1H3,(H,20,24). The number of carbonyl (C=O) groups is 2. The minimum Gasteiger partial charge on any atom is -0.355 e. The number of nitrogens with zero attached hydrogens (tertiary/aromatic N) is 2. The Hall–Kier alpha value is -2.60. The van der Waals surface area contributed by atoms with E-state index in [1.54, 1.807) is 4.57 Å². The highest BCUT2D eigenvalue weighted by Gasteiger charge is 2.15. The van der Waals surface area contributed by atoms with E-state index in [0.717, 1.165) is 17.5 Å². The van der Waals surface area contributed by atoms with Crippen LogP contribution in [0.5, 0.6) is 0 Å². The molecule has 0 fully saturated rings. The van der Waals surface area contributed by atoms with Gasteiger partial charge in [0, 0.05) is 13.5 Å². The fourth-order valence-corrected chi connectivity index (χ4v) is 3.46. The average molecular weight is 353 g/mol. The molecule has 0 aliphatic carbocycles. The second kappa shape index (κ2) is 7.98. The van der Waals surface area contributed by atoms with Crippen molar-refractivity contribution in [3.63, 3.8) is 0 Å². The maximum atomic E-state index is 12.0. The molecule has 0 spiro atoms. The van der Waals surface area contributed by atoms with Crippen molar-refractivity contribution in [3.05, 3.63) is 60.2 Å². The molecule has 0 unspecified atom stereocenters. The van der Waals surface area contributed by atoms with Crippen LogP contribution in [0.15, 0.2) is 59.8 Å². The van der Waals surface area contributed by atoms with Crippen LogP contribution in [0.1, 0.15) is 17.3 Å². The van der Waals surface area contributed by atoms with Crippen LogP contribution in [0.4, 0.5) is 0 Å². The summed E-state index contributed by atoms with van der Waals surface area (Å²) in [7, 11) is 0. The summed E-state index contributed by atoms with van der Waals surface area (Å²) in [5.41, 5.74) is 2.71. The zero-order valence-corrected chi connectivity index (χ0v) is 14.8. The van der Waals surface area contributed by atoms with E-state index in [1.807, 2.05) is 54.6 Å². The summed E-state index contributed by atoms with van der Waals surface area (Å²) in [6.45, 7) is 2.09. The van der Waals surface area contributed by atoms with Crippen molar-refractivity contribution < 1.29 is 9.59 Å². The highest BCUT2D eigenvalue weighted by Crippen LogP contribution is 2.23. The second-order valence-corrected chi connectivity index (χ2v) is 6.55. The highest BCUT2D eigenvalue weighted by molar-refractivity contribution is 7.99. The predicted octanol–water partition coefficient (Wildman–Crippen LogP) is 3.15. The van der Waals surface area contributed by atoms with Gasteiger partial charge < -0.3 is 5.32 Å². The first kappa shape index (κ1) is 17.2. The number of hydrogen-bond donors (Lipinski definition) is 1. The first-order valence-corrected chi connectivity index (χ1v) is 9.05.